The SMILES string of the molecule is Cc1ccsc1C1CCCCCN1S(=O)(=O)c1ccccc1F. The van der Waals surface area contributed by atoms with Crippen LogP contribution >= 0.6 is 11.3 Å². The molecule has 0 saturated carbocycles. The van der Waals surface area contributed by atoms with E-state index >= 15 is 0 Å². The van der Waals surface area contributed by atoms with Crippen molar-refractivity contribution in [3.05, 3.63) is 52.0 Å². The van der Waals surface area contributed by atoms with E-state index in [4.69, 9.17) is 0 Å². The Hall–Kier alpha value is -1.24. The molecular weight excluding hydrogens is 333 g/mol. The first-order chi connectivity index (χ1) is 11.0. The van der Waals surface area contributed by atoms with E-state index in [0.29, 0.717) is 6.54 Å². The van der Waals surface area contributed by atoms with Gasteiger partial charge in [0.25, 0.3) is 0 Å². The molecule has 23 heavy (non-hydrogen) atoms. The molecule has 1 atom stereocenters. The van der Waals surface area contributed by atoms with Crippen LogP contribution < -0.4 is 0 Å². The van der Waals surface area contributed by atoms with Crippen LogP contribution in [-0.4, -0.2) is 19.3 Å². The highest BCUT2D eigenvalue weighted by atomic mass is 32.2. The van der Waals surface area contributed by atoms with E-state index in [9.17, 15) is 12.8 Å². The van der Waals surface area contributed by atoms with Crippen LogP contribution in [0.1, 0.15) is 42.2 Å². The van der Waals surface area contributed by atoms with Crippen LogP contribution in [-0.2, 0) is 10.0 Å². The summed E-state index contributed by atoms with van der Waals surface area (Å²) in [6.07, 6.45) is 3.60. The molecule has 1 aliphatic heterocycles. The van der Waals surface area contributed by atoms with Crippen LogP contribution in [0.2, 0.25) is 0 Å². The molecule has 1 aromatic heterocycles. The van der Waals surface area contributed by atoms with Crippen molar-refractivity contribution in [3.8, 4) is 0 Å². The van der Waals surface area contributed by atoms with Crippen molar-refractivity contribution in [1.29, 1.82) is 0 Å². The third-order valence-corrected chi connectivity index (χ3v) is 7.39. The molecule has 0 bridgehead atoms. The largest absolute Gasteiger partial charge is 0.246 e. The first-order valence-electron chi connectivity index (χ1n) is 7.82. The van der Waals surface area contributed by atoms with Gasteiger partial charge < -0.3 is 0 Å². The fourth-order valence-electron chi connectivity index (χ4n) is 3.14. The maximum atomic E-state index is 14.1. The lowest BCUT2D eigenvalue weighted by atomic mass is 10.1. The number of nitrogens with zero attached hydrogens (tertiary/aromatic N) is 1. The van der Waals surface area contributed by atoms with Crippen LogP contribution in [0.4, 0.5) is 4.39 Å². The van der Waals surface area contributed by atoms with Crippen molar-refractivity contribution in [2.75, 3.05) is 6.54 Å². The van der Waals surface area contributed by atoms with Crippen molar-refractivity contribution in [3.63, 3.8) is 0 Å². The third kappa shape index (κ3) is 3.20. The zero-order valence-electron chi connectivity index (χ0n) is 13.0. The highest BCUT2D eigenvalue weighted by molar-refractivity contribution is 7.89. The second-order valence-electron chi connectivity index (χ2n) is 5.88. The number of hydrogen-bond donors (Lipinski definition) is 0. The second-order valence-corrected chi connectivity index (χ2v) is 8.69. The molecule has 0 spiro atoms. The zero-order chi connectivity index (χ0) is 16.4. The standard InChI is InChI=1S/C17H20FNO2S2/c1-13-10-12-22-17(13)15-8-3-2-6-11-19(15)23(20,21)16-9-5-4-7-14(16)18/h4-5,7,9-10,12,15H,2-3,6,8,11H2,1H3. The van der Waals surface area contributed by atoms with Gasteiger partial charge in [0.2, 0.25) is 10.0 Å². The minimum absolute atomic E-state index is 0.192. The lowest BCUT2D eigenvalue weighted by molar-refractivity contribution is 0.330. The average molecular weight is 353 g/mol. The summed E-state index contributed by atoms with van der Waals surface area (Å²) in [6.45, 7) is 2.45. The van der Waals surface area contributed by atoms with Crippen molar-refractivity contribution < 1.29 is 12.8 Å². The van der Waals surface area contributed by atoms with Crippen molar-refractivity contribution in [2.24, 2.45) is 0 Å². The fourth-order valence-corrected chi connectivity index (χ4v) is 6.01. The summed E-state index contributed by atoms with van der Waals surface area (Å²) >= 11 is 1.58. The number of thiophene rings is 1. The smallest absolute Gasteiger partial charge is 0.207 e. The topological polar surface area (TPSA) is 37.4 Å². The molecule has 1 aromatic carbocycles. The number of sulfonamides is 1. The lowest BCUT2D eigenvalue weighted by Gasteiger charge is -2.29. The third-order valence-electron chi connectivity index (χ3n) is 4.33. The zero-order valence-corrected chi connectivity index (χ0v) is 14.7. The Morgan fingerprint density at radius 2 is 1.96 bits per heavy atom. The molecule has 1 unspecified atom stereocenters. The van der Waals surface area contributed by atoms with E-state index < -0.39 is 15.8 Å². The molecule has 1 saturated heterocycles. The Bertz CT molecular complexity index is 785. The molecule has 0 amide bonds. The molecule has 0 radical (unpaired) electrons. The first kappa shape index (κ1) is 16.6. The van der Waals surface area contributed by atoms with Gasteiger partial charge in [-0.1, -0.05) is 25.0 Å². The van der Waals surface area contributed by atoms with Gasteiger partial charge in [-0.05, 0) is 48.9 Å². The molecule has 124 valence electrons. The molecule has 2 heterocycles. The van der Waals surface area contributed by atoms with Crippen LogP contribution in [0.3, 0.4) is 0 Å². The van der Waals surface area contributed by atoms with E-state index in [1.807, 2.05) is 18.4 Å². The van der Waals surface area contributed by atoms with Gasteiger partial charge in [-0.3, -0.25) is 0 Å². The summed E-state index contributed by atoms with van der Waals surface area (Å²) in [5, 5.41) is 1.99. The van der Waals surface area contributed by atoms with Gasteiger partial charge in [-0.15, -0.1) is 11.3 Å². The Kier molecular flexibility index (Phi) is 4.85. The molecule has 6 heteroatoms. The predicted molar refractivity (Wildman–Crippen MR) is 90.6 cm³/mol. The number of rotatable bonds is 3. The molecule has 1 aliphatic rings. The number of aryl methyl sites for hydroxylation is 1. The summed E-state index contributed by atoms with van der Waals surface area (Å²) < 4.78 is 41.7. The van der Waals surface area contributed by atoms with E-state index in [2.05, 4.69) is 0 Å². The van der Waals surface area contributed by atoms with Crippen LogP contribution in [0, 0.1) is 12.7 Å². The van der Waals surface area contributed by atoms with Crippen molar-refractivity contribution in [2.45, 2.75) is 43.5 Å². The minimum atomic E-state index is -3.84. The van der Waals surface area contributed by atoms with E-state index in [1.54, 1.807) is 17.4 Å². The molecule has 0 N–H and O–H groups in total. The van der Waals surface area contributed by atoms with Crippen LogP contribution in [0.15, 0.2) is 40.6 Å². The maximum Gasteiger partial charge on any atom is 0.246 e. The van der Waals surface area contributed by atoms with Crippen molar-refractivity contribution >= 4 is 21.4 Å². The van der Waals surface area contributed by atoms with Crippen LogP contribution in [0.25, 0.3) is 0 Å². The summed E-state index contributed by atoms with van der Waals surface area (Å²) in [5.74, 6) is -0.682. The van der Waals surface area contributed by atoms with Crippen LogP contribution in [0.5, 0.6) is 0 Å². The molecule has 3 rings (SSSR count). The van der Waals surface area contributed by atoms with Gasteiger partial charge in [0.1, 0.15) is 10.7 Å². The highest BCUT2D eigenvalue weighted by Crippen LogP contribution is 2.38. The van der Waals surface area contributed by atoms with E-state index in [0.717, 1.165) is 36.1 Å². The van der Waals surface area contributed by atoms with Gasteiger partial charge >= 0.3 is 0 Å². The molecular formula is C17H20FNO2S2. The predicted octanol–water partition coefficient (Wildman–Crippen LogP) is 4.50. The monoisotopic (exact) mass is 353 g/mol. The summed E-state index contributed by atoms with van der Waals surface area (Å²) in [7, 11) is -3.84. The summed E-state index contributed by atoms with van der Waals surface area (Å²) in [4.78, 5) is 0.855. The molecule has 3 nitrogen and oxygen atoms in total. The lowest BCUT2D eigenvalue weighted by Crippen LogP contribution is -2.35. The Morgan fingerprint density at radius 1 is 1.17 bits per heavy atom. The summed E-state index contributed by atoms with van der Waals surface area (Å²) in [6, 6.07) is 7.46. The molecule has 1 fully saturated rings. The fraction of sp³-hybridized carbons (Fsp3) is 0.412. The van der Waals surface area contributed by atoms with Gasteiger partial charge in [-0.25, -0.2) is 12.8 Å². The van der Waals surface area contributed by atoms with E-state index in [1.165, 1.54) is 22.5 Å². The Labute approximate surface area is 140 Å². The maximum absolute atomic E-state index is 14.1. The van der Waals surface area contributed by atoms with Gasteiger partial charge in [0.05, 0.1) is 6.04 Å². The number of benzene rings is 1. The van der Waals surface area contributed by atoms with E-state index in [-0.39, 0.29) is 10.9 Å². The normalized spacial score (nSPS) is 20.3. The quantitative estimate of drug-likeness (QED) is 0.814. The number of hydrogen-bond acceptors (Lipinski definition) is 3. The Morgan fingerprint density at radius 3 is 2.65 bits per heavy atom. The first-order valence-corrected chi connectivity index (χ1v) is 10.1. The van der Waals surface area contributed by atoms with Gasteiger partial charge in [0.15, 0.2) is 0 Å². The molecule has 2 aromatic rings. The second kappa shape index (κ2) is 6.71. The number of halogens is 1. The average Bonchev–Trinajstić information content (AvgIpc) is 2.80. The molecule has 0 aliphatic carbocycles. The highest BCUT2D eigenvalue weighted by Gasteiger charge is 2.35. The Balaban J connectivity index is 2.06. The van der Waals surface area contributed by atoms with Gasteiger partial charge in [-0.2, -0.15) is 4.31 Å². The van der Waals surface area contributed by atoms with Crippen molar-refractivity contribution in [1.82, 2.24) is 4.31 Å². The minimum Gasteiger partial charge on any atom is -0.207 e. The van der Waals surface area contributed by atoms with Gasteiger partial charge in [0, 0.05) is 11.4 Å². The summed E-state index contributed by atoms with van der Waals surface area (Å²) in [5.41, 5.74) is 1.11.